The van der Waals surface area contributed by atoms with Gasteiger partial charge in [-0.2, -0.15) is 0 Å². The van der Waals surface area contributed by atoms with Gasteiger partial charge in [0.1, 0.15) is 5.75 Å². The van der Waals surface area contributed by atoms with Crippen molar-refractivity contribution in [1.29, 1.82) is 0 Å². The lowest BCUT2D eigenvalue weighted by Gasteiger charge is -2.18. The second kappa shape index (κ2) is 6.71. The molecule has 0 spiro atoms. The summed E-state index contributed by atoms with van der Waals surface area (Å²) in [5, 5.41) is 5.93. The molecule has 0 saturated carbocycles. The van der Waals surface area contributed by atoms with Gasteiger partial charge in [0.15, 0.2) is 6.61 Å². The highest BCUT2D eigenvalue weighted by Crippen LogP contribution is 2.34. The van der Waals surface area contributed by atoms with Gasteiger partial charge < -0.3 is 15.4 Å². The van der Waals surface area contributed by atoms with Gasteiger partial charge >= 0.3 is 0 Å². The number of nitrogens with one attached hydrogen (secondary N) is 2. The lowest BCUT2D eigenvalue weighted by molar-refractivity contribution is -0.118. The van der Waals surface area contributed by atoms with Crippen LogP contribution in [0.5, 0.6) is 5.75 Å². The molecule has 9 heteroatoms. The molecule has 29 heavy (non-hydrogen) atoms. The highest BCUT2D eigenvalue weighted by molar-refractivity contribution is 7.90. The minimum absolute atomic E-state index is 0.0824. The minimum atomic E-state index is -3.89. The van der Waals surface area contributed by atoms with Crippen LogP contribution in [0, 0.1) is 0 Å². The highest BCUT2D eigenvalue weighted by atomic mass is 32.2. The Hall–Kier alpha value is -3.17. The van der Waals surface area contributed by atoms with Gasteiger partial charge in [-0.15, -0.1) is 0 Å². The maximum absolute atomic E-state index is 13.5. The zero-order valence-electron chi connectivity index (χ0n) is 15.4. The maximum atomic E-state index is 13.5. The lowest BCUT2D eigenvalue weighted by Crippen LogP contribution is -2.25. The molecule has 2 N–H and O–H groups in total. The normalized spacial score (nSPS) is 16.7. The molecule has 0 fully saturated rings. The summed E-state index contributed by atoms with van der Waals surface area (Å²) >= 11 is 0. The Morgan fingerprint density at radius 3 is 2.93 bits per heavy atom. The van der Waals surface area contributed by atoms with Gasteiger partial charge in [-0.25, -0.2) is 12.4 Å². The van der Waals surface area contributed by atoms with Crippen molar-refractivity contribution in [3.63, 3.8) is 0 Å². The molecule has 0 unspecified atom stereocenters. The van der Waals surface area contributed by atoms with Crippen LogP contribution in [0.4, 0.5) is 5.69 Å². The number of pyridine rings is 1. The van der Waals surface area contributed by atoms with Crippen molar-refractivity contribution < 1.29 is 17.9 Å². The lowest BCUT2D eigenvalue weighted by atomic mass is 10.0. The SMILES string of the molecule is O=C1COc2cc(S(=O)(=O)n3cc(C4=CCNCC4)c4ncccc43)ccc2N1. The molecule has 5 rings (SSSR count). The first kappa shape index (κ1) is 17.9. The molecule has 148 valence electrons. The molecule has 2 aliphatic heterocycles. The number of fused-ring (bicyclic) bond motifs is 2. The fourth-order valence-electron chi connectivity index (χ4n) is 3.66. The summed E-state index contributed by atoms with van der Waals surface area (Å²) in [6, 6.07) is 7.92. The van der Waals surface area contributed by atoms with E-state index >= 15 is 0 Å². The zero-order valence-corrected chi connectivity index (χ0v) is 16.2. The van der Waals surface area contributed by atoms with Crippen LogP contribution in [0.3, 0.4) is 0 Å². The number of nitrogens with zero attached hydrogens (tertiary/aromatic N) is 2. The van der Waals surface area contributed by atoms with Crippen molar-refractivity contribution in [3.05, 3.63) is 54.4 Å². The average molecular weight is 410 g/mol. The Balaban J connectivity index is 1.65. The Kier molecular flexibility index (Phi) is 4.14. The van der Waals surface area contributed by atoms with Gasteiger partial charge in [0.25, 0.3) is 15.9 Å². The molecule has 2 aliphatic rings. The van der Waals surface area contributed by atoms with E-state index in [9.17, 15) is 13.2 Å². The van der Waals surface area contributed by atoms with Crippen LogP contribution in [0.1, 0.15) is 12.0 Å². The molecular weight excluding hydrogens is 392 g/mol. The van der Waals surface area contributed by atoms with Crippen LogP contribution in [0.15, 0.2) is 53.7 Å². The van der Waals surface area contributed by atoms with E-state index in [2.05, 4.69) is 21.7 Å². The molecule has 0 bridgehead atoms. The summed E-state index contributed by atoms with van der Waals surface area (Å²) in [5.41, 5.74) is 3.55. The number of rotatable bonds is 3. The molecule has 0 saturated heterocycles. The third kappa shape index (κ3) is 2.99. The summed E-state index contributed by atoms with van der Waals surface area (Å²) in [7, 11) is -3.89. The molecule has 1 amide bonds. The van der Waals surface area contributed by atoms with Crippen molar-refractivity contribution in [2.45, 2.75) is 11.3 Å². The fraction of sp³-hybridized carbons (Fsp3) is 0.200. The number of aromatic nitrogens is 2. The number of carbonyl (C=O) groups is 1. The third-order valence-corrected chi connectivity index (χ3v) is 6.75. The molecule has 4 heterocycles. The summed E-state index contributed by atoms with van der Waals surface area (Å²) < 4.78 is 33.6. The van der Waals surface area contributed by atoms with Crippen LogP contribution in [-0.2, 0) is 14.8 Å². The smallest absolute Gasteiger partial charge is 0.268 e. The van der Waals surface area contributed by atoms with Crippen molar-refractivity contribution in [3.8, 4) is 5.75 Å². The number of hydrogen-bond acceptors (Lipinski definition) is 6. The van der Waals surface area contributed by atoms with E-state index in [1.165, 1.54) is 16.1 Å². The highest BCUT2D eigenvalue weighted by Gasteiger charge is 2.26. The standard InChI is InChI=1S/C20H18N4O4S/c25-19-12-28-18-10-14(3-4-16(18)23-19)29(26,27)24-11-15(13-5-8-21-9-6-13)20-17(24)2-1-7-22-20/h1-5,7,10-11,21H,6,8-9,12H2,(H,23,25). The second-order valence-corrected chi connectivity index (χ2v) is 8.71. The van der Waals surface area contributed by atoms with Crippen molar-refractivity contribution >= 4 is 38.2 Å². The maximum Gasteiger partial charge on any atom is 0.268 e. The van der Waals surface area contributed by atoms with Gasteiger partial charge in [-0.3, -0.25) is 9.78 Å². The Bertz CT molecular complexity index is 1280. The van der Waals surface area contributed by atoms with E-state index in [0.717, 1.165) is 30.6 Å². The predicted octanol–water partition coefficient (Wildman–Crippen LogP) is 1.98. The molecule has 1 aromatic carbocycles. The van der Waals surface area contributed by atoms with Crippen molar-refractivity contribution in [1.82, 2.24) is 14.3 Å². The van der Waals surface area contributed by atoms with Crippen LogP contribution in [0.25, 0.3) is 16.6 Å². The number of ether oxygens (including phenoxy) is 1. The number of anilines is 1. The minimum Gasteiger partial charge on any atom is -0.482 e. The summed E-state index contributed by atoms with van der Waals surface area (Å²) in [6.07, 6.45) is 6.19. The van der Waals surface area contributed by atoms with E-state index in [0.29, 0.717) is 22.5 Å². The Labute approximate surface area is 167 Å². The van der Waals surface area contributed by atoms with Crippen LogP contribution < -0.4 is 15.4 Å². The van der Waals surface area contributed by atoms with Crippen LogP contribution in [-0.4, -0.2) is 43.0 Å². The van der Waals surface area contributed by atoms with Gasteiger partial charge in [-0.1, -0.05) is 6.08 Å². The van der Waals surface area contributed by atoms with E-state index in [1.807, 2.05) is 0 Å². The van der Waals surface area contributed by atoms with Crippen LogP contribution in [0.2, 0.25) is 0 Å². The van der Waals surface area contributed by atoms with E-state index in [1.54, 1.807) is 30.6 Å². The van der Waals surface area contributed by atoms with Gasteiger partial charge in [0.05, 0.1) is 21.6 Å². The van der Waals surface area contributed by atoms with Gasteiger partial charge in [-0.05, 0) is 42.8 Å². The third-order valence-electron chi connectivity index (χ3n) is 5.08. The molecule has 2 aromatic heterocycles. The number of amides is 1. The second-order valence-electron chi connectivity index (χ2n) is 6.89. The monoisotopic (exact) mass is 410 g/mol. The molecule has 0 atom stereocenters. The molecular formula is C20H18N4O4S. The average Bonchev–Trinajstić information content (AvgIpc) is 3.14. The van der Waals surface area contributed by atoms with Gasteiger partial charge in [0.2, 0.25) is 0 Å². The first-order valence-electron chi connectivity index (χ1n) is 9.22. The first-order chi connectivity index (χ1) is 14.0. The van der Waals surface area contributed by atoms with Crippen LogP contribution >= 0.6 is 0 Å². The van der Waals surface area contributed by atoms with Gasteiger partial charge in [0, 0.05) is 30.6 Å². The number of hydrogen-bond donors (Lipinski definition) is 2. The topological polar surface area (TPSA) is 102 Å². The Morgan fingerprint density at radius 2 is 2.10 bits per heavy atom. The first-order valence-corrected chi connectivity index (χ1v) is 10.7. The number of benzene rings is 1. The fourth-order valence-corrected chi connectivity index (χ4v) is 5.03. The molecule has 3 aromatic rings. The van der Waals surface area contributed by atoms with E-state index in [-0.39, 0.29) is 17.4 Å². The summed E-state index contributed by atoms with van der Waals surface area (Å²) in [4.78, 5) is 16.0. The van der Waals surface area contributed by atoms with E-state index in [4.69, 9.17) is 4.74 Å². The van der Waals surface area contributed by atoms with E-state index < -0.39 is 10.0 Å². The molecule has 0 radical (unpaired) electrons. The summed E-state index contributed by atoms with van der Waals surface area (Å²) in [5.74, 6) is 0.0667. The quantitative estimate of drug-likeness (QED) is 0.685. The predicted molar refractivity (Wildman–Crippen MR) is 108 cm³/mol. The van der Waals surface area contributed by atoms with Crippen molar-refractivity contribution in [2.75, 3.05) is 25.0 Å². The molecule has 0 aliphatic carbocycles. The number of carbonyl (C=O) groups excluding carboxylic acids is 1. The Morgan fingerprint density at radius 1 is 1.21 bits per heavy atom. The largest absolute Gasteiger partial charge is 0.482 e. The molecule has 8 nitrogen and oxygen atoms in total. The zero-order chi connectivity index (χ0) is 20.0. The summed E-state index contributed by atoms with van der Waals surface area (Å²) in [6.45, 7) is 1.45. The van der Waals surface area contributed by atoms with Crippen molar-refractivity contribution in [2.24, 2.45) is 0 Å².